The van der Waals surface area contributed by atoms with E-state index in [1.165, 1.54) is 15.4 Å². The molecular weight excluding hydrogens is 603 g/mol. The van der Waals surface area contributed by atoms with Crippen LogP contribution in [0, 0.1) is 6.92 Å². The third kappa shape index (κ3) is 6.47. The van der Waals surface area contributed by atoms with Crippen LogP contribution in [0.1, 0.15) is 34.9 Å². The molecule has 10 nitrogen and oxygen atoms in total. The van der Waals surface area contributed by atoms with Gasteiger partial charge in [-0.15, -0.1) is 0 Å². The number of nitrogens with zero attached hydrogens (tertiary/aromatic N) is 2. The summed E-state index contributed by atoms with van der Waals surface area (Å²) in [6.07, 6.45) is 0.379. The van der Waals surface area contributed by atoms with Gasteiger partial charge in [-0.1, -0.05) is 72.8 Å². The Balaban J connectivity index is 1.64. The van der Waals surface area contributed by atoms with Gasteiger partial charge in [-0.05, 0) is 61.1 Å². The minimum absolute atomic E-state index is 0.119. The van der Waals surface area contributed by atoms with E-state index in [0.29, 0.717) is 17.7 Å². The number of hydrogen-bond acceptors (Lipinski definition) is 7. The van der Waals surface area contributed by atoms with Crippen molar-refractivity contribution < 1.29 is 18.6 Å². The van der Waals surface area contributed by atoms with Gasteiger partial charge in [0, 0.05) is 24.2 Å². The van der Waals surface area contributed by atoms with Crippen molar-refractivity contribution in [2.75, 3.05) is 27.8 Å². The molecule has 1 aliphatic rings. The van der Waals surface area contributed by atoms with Gasteiger partial charge in [0.25, 0.3) is 5.56 Å². The number of nitrogens with one attached hydrogen (secondary N) is 2. The topological polar surface area (TPSA) is 115 Å². The van der Waals surface area contributed by atoms with Crippen LogP contribution in [0.15, 0.2) is 101 Å². The number of aromatic amines is 1. The molecule has 3 aromatic carbocycles. The van der Waals surface area contributed by atoms with Crippen molar-refractivity contribution in [3.63, 3.8) is 0 Å². The van der Waals surface area contributed by atoms with Crippen LogP contribution in [0.3, 0.4) is 0 Å². The second-order valence-corrected chi connectivity index (χ2v) is 14.1. The van der Waals surface area contributed by atoms with E-state index in [4.69, 9.17) is 25.2 Å². The molecule has 0 radical (unpaired) electrons. The van der Waals surface area contributed by atoms with E-state index in [2.05, 4.69) is 34.6 Å². The minimum atomic E-state index is -3.63. The van der Waals surface area contributed by atoms with E-state index < -0.39 is 42.0 Å². The van der Waals surface area contributed by atoms with Crippen LogP contribution in [0.2, 0.25) is 0 Å². The first-order valence-corrected chi connectivity index (χ1v) is 16.7. The van der Waals surface area contributed by atoms with Gasteiger partial charge in [-0.3, -0.25) is 24.2 Å². The van der Waals surface area contributed by atoms with Gasteiger partial charge in [-0.2, -0.15) is 0 Å². The highest BCUT2D eigenvalue weighted by Gasteiger charge is 2.45. The monoisotopic (exact) mass is 638 g/mol. The van der Waals surface area contributed by atoms with Crippen LogP contribution >= 0.6 is 18.1 Å². The van der Waals surface area contributed by atoms with Crippen LogP contribution in [0.4, 0.5) is 0 Å². The van der Waals surface area contributed by atoms with Crippen LogP contribution < -0.4 is 21.3 Å². The lowest BCUT2D eigenvalue weighted by Gasteiger charge is -2.40. The van der Waals surface area contributed by atoms with E-state index in [0.717, 1.165) is 16.7 Å². The van der Waals surface area contributed by atoms with E-state index in [1.807, 2.05) is 60.7 Å². The third-order valence-electron chi connectivity index (χ3n) is 7.91. The maximum absolute atomic E-state index is 13.0. The van der Waals surface area contributed by atoms with E-state index >= 15 is 0 Å². The highest BCUT2D eigenvalue weighted by Crippen LogP contribution is 2.54. The molecule has 0 spiro atoms. The summed E-state index contributed by atoms with van der Waals surface area (Å²) in [5.74, 6) is 0.716. The molecule has 2 heterocycles. The zero-order valence-electron chi connectivity index (χ0n) is 25.0. The Labute approximate surface area is 260 Å². The van der Waals surface area contributed by atoms with Crippen LogP contribution in [0.5, 0.6) is 5.75 Å². The molecule has 4 unspecified atom stereocenters. The summed E-state index contributed by atoms with van der Waals surface area (Å²) < 4.78 is 33.3. The van der Waals surface area contributed by atoms with Crippen LogP contribution in [0.25, 0.3) is 0 Å². The molecule has 0 saturated carbocycles. The van der Waals surface area contributed by atoms with Gasteiger partial charge in [0.2, 0.25) is 0 Å². The predicted molar refractivity (Wildman–Crippen MR) is 170 cm³/mol. The lowest BCUT2D eigenvalue weighted by molar-refractivity contribution is -0.0253. The van der Waals surface area contributed by atoms with Crippen molar-refractivity contribution in [3.05, 3.63) is 134 Å². The fourth-order valence-corrected chi connectivity index (χ4v) is 6.26. The van der Waals surface area contributed by atoms with Crippen molar-refractivity contribution in [2.24, 2.45) is 0 Å². The fourth-order valence-electron chi connectivity index (χ4n) is 5.53. The number of hydrogen-bond donors (Lipinski definition) is 2. The zero-order valence-corrected chi connectivity index (χ0v) is 26.6. The van der Waals surface area contributed by atoms with Gasteiger partial charge < -0.3 is 14.0 Å². The summed E-state index contributed by atoms with van der Waals surface area (Å²) in [6, 6.07) is 27.5. The summed E-state index contributed by atoms with van der Waals surface area (Å²) in [4.78, 5) is 27.4. The van der Waals surface area contributed by atoms with Gasteiger partial charge in [0.1, 0.15) is 12.0 Å². The Kier molecular flexibility index (Phi) is 9.60. The Bertz CT molecular complexity index is 1690. The Hall–Kier alpha value is -3.50. The Morgan fingerprint density at radius 2 is 1.57 bits per heavy atom. The predicted octanol–water partition coefficient (Wildman–Crippen LogP) is 5.02. The van der Waals surface area contributed by atoms with Crippen molar-refractivity contribution in [3.8, 4) is 5.75 Å². The molecule has 12 heteroatoms. The maximum Gasteiger partial charge on any atom is 0.362 e. The molecule has 1 aliphatic heterocycles. The van der Waals surface area contributed by atoms with Crippen molar-refractivity contribution >= 4 is 18.1 Å². The number of H-pyrrole nitrogens is 1. The second-order valence-electron chi connectivity index (χ2n) is 10.9. The summed E-state index contributed by atoms with van der Waals surface area (Å²) >= 11 is 6.24. The summed E-state index contributed by atoms with van der Waals surface area (Å²) in [6.45, 7) is -2.12. The van der Waals surface area contributed by atoms with Crippen molar-refractivity contribution in [1.82, 2.24) is 19.5 Å². The molecule has 1 saturated heterocycles. The number of methoxy groups -OCH3 is 1. The minimum Gasteiger partial charge on any atom is -0.497 e. The van der Waals surface area contributed by atoms with Gasteiger partial charge >= 0.3 is 12.6 Å². The number of rotatable bonds is 11. The lowest BCUT2D eigenvalue weighted by Crippen LogP contribution is -2.53. The number of halogens is 1. The second kappa shape index (κ2) is 13.2. The van der Waals surface area contributed by atoms with Gasteiger partial charge in [0.15, 0.2) is 0 Å². The molecule has 1 fully saturated rings. The number of aryl methyl sites for hydroxylation is 1. The molecular formula is C32H36ClN4O6P. The maximum atomic E-state index is 13.0. The summed E-state index contributed by atoms with van der Waals surface area (Å²) in [5.41, 5.74) is 1.30. The first-order chi connectivity index (χ1) is 21.0. The molecule has 5 rings (SSSR count). The molecule has 4 atom stereocenters. The molecule has 44 heavy (non-hydrogen) atoms. The molecule has 0 aliphatic carbocycles. The first kappa shape index (κ1) is 31.9. The molecule has 1 aromatic heterocycles. The zero-order chi connectivity index (χ0) is 31.5. The largest absolute Gasteiger partial charge is 0.497 e. The molecule has 4 aromatic rings. The quantitative estimate of drug-likeness (QED) is 0.174. The highest BCUT2D eigenvalue weighted by molar-refractivity contribution is 7.83. The average molecular weight is 639 g/mol. The summed E-state index contributed by atoms with van der Waals surface area (Å²) in [5, 5.41) is 3.90. The van der Waals surface area contributed by atoms with E-state index in [9.17, 15) is 14.2 Å². The van der Waals surface area contributed by atoms with E-state index in [-0.39, 0.29) is 6.61 Å². The molecule has 2 N–H and O–H groups in total. The third-order valence-corrected chi connectivity index (χ3v) is 10.5. The standard InChI is InChI=1S/C32H36ClN4O6P/c1-22-20-37(31(39)34-30(22)38)29-19-27(28(43-29)21-42-44(33,40)36(2)3)35-32(23-11-7-5-8-12-23,24-13-9-6-10-14-24)25-15-17-26(41-4)18-16-25/h5-18,20,27-29,35H,19,21H2,1-4H3,(H,34,38,39). The van der Waals surface area contributed by atoms with Gasteiger partial charge in [0.05, 0.1) is 25.4 Å². The van der Waals surface area contributed by atoms with E-state index in [1.54, 1.807) is 28.1 Å². The van der Waals surface area contributed by atoms with Gasteiger partial charge in [-0.25, -0.2) is 9.46 Å². The van der Waals surface area contributed by atoms with Crippen LogP contribution in [-0.4, -0.2) is 54.2 Å². The normalized spacial score (nSPS) is 20.0. The Morgan fingerprint density at radius 3 is 2.11 bits per heavy atom. The lowest BCUT2D eigenvalue weighted by atomic mass is 9.76. The number of ether oxygens (including phenoxy) is 2. The molecule has 0 bridgehead atoms. The van der Waals surface area contributed by atoms with Crippen molar-refractivity contribution in [1.29, 1.82) is 0 Å². The first-order valence-electron chi connectivity index (χ1n) is 14.2. The Morgan fingerprint density at radius 1 is 1.00 bits per heavy atom. The average Bonchev–Trinajstić information content (AvgIpc) is 3.43. The number of aromatic nitrogens is 2. The highest BCUT2D eigenvalue weighted by atomic mass is 35.7. The summed E-state index contributed by atoms with van der Waals surface area (Å²) in [7, 11) is 4.77. The smallest absolute Gasteiger partial charge is 0.362 e. The fraction of sp³-hybridized carbons (Fsp3) is 0.312. The van der Waals surface area contributed by atoms with Crippen molar-refractivity contribution in [2.45, 2.75) is 37.3 Å². The SMILES string of the molecule is COc1ccc(C(NC2CC(n3cc(C)c(=O)[nH]c3=O)OC2COP(=O)(Cl)N(C)C)(c2ccccc2)c2ccccc2)cc1. The molecule has 232 valence electrons. The number of benzene rings is 3. The molecule has 0 amide bonds. The van der Waals surface area contributed by atoms with Crippen LogP contribution in [-0.2, 0) is 19.4 Å².